The quantitative estimate of drug-likeness (QED) is 0.871. The maximum absolute atomic E-state index is 13.2. The van der Waals surface area contributed by atoms with E-state index in [0.717, 1.165) is 6.07 Å². The molecule has 2 aromatic rings. The average molecular weight is 358 g/mol. The number of hydrogen-bond donors (Lipinski definition) is 1. The van der Waals surface area contributed by atoms with Crippen LogP contribution in [-0.2, 0) is 10.9 Å². The van der Waals surface area contributed by atoms with E-state index >= 15 is 0 Å². The normalized spacial score (nSPS) is 19.2. The molecule has 10 heteroatoms. The van der Waals surface area contributed by atoms with Crippen LogP contribution in [0.1, 0.15) is 21.9 Å². The van der Waals surface area contributed by atoms with Crippen LogP contribution in [0.15, 0.2) is 12.1 Å². The van der Waals surface area contributed by atoms with Crippen molar-refractivity contribution in [1.29, 1.82) is 0 Å². The molecule has 0 unspecified atom stereocenters. The summed E-state index contributed by atoms with van der Waals surface area (Å²) in [5, 5.41) is 13.1. The molecular formula is C15H17F3N4O3. The van der Waals surface area contributed by atoms with Gasteiger partial charge in [-0.15, -0.1) is 0 Å². The molecule has 3 rings (SSSR count). The number of aliphatic hydroxyl groups excluding tert-OH is 1. The van der Waals surface area contributed by atoms with Gasteiger partial charge in [0.05, 0.1) is 13.2 Å². The van der Waals surface area contributed by atoms with Crippen molar-refractivity contribution in [1.82, 2.24) is 19.5 Å². The summed E-state index contributed by atoms with van der Waals surface area (Å²) in [7, 11) is 0. The van der Waals surface area contributed by atoms with Crippen LogP contribution in [0.25, 0.3) is 5.65 Å². The fraction of sp³-hybridized carbons (Fsp3) is 0.533. The molecule has 2 aromatic heterocycles. The molecule has 1 fully saturated rings. The highest BCUT2D eigenvalue weighted by Crippen LogP contribution is 2.30. The second-order valence-corrected chi connectivity index (χ2v) is 5.95. The number of nitrogens with zero attached hydrogens (tertiary/aromatic N) is 4. The van der Waals surface area contributed by atoms with Crippen molar-refractivity contribution in [2.45, 2.75) is 13.1 Å². The highest BCUT2D eigenvalue weighted by Gasteiger charge is 2.35. The Morgan fingerprint density at radius 1 is 1.44 bits per heavy atom. The van der Waals surface area contributed by atoms with Gasteiger partial charge in [0.2, 0.25) is 0 Å². The van der Waals surface area contributed by atoms with E-state index in [0.29, 0.717) is 17.7 Å². The predicted molar refractivity (Wildman–Crippen MR) is 80.0 cm³/mol. The molecular weight excluding hydrogens is 341 g/mol. The molecule has 0 radical (unpaired) electrons. The van der Waals surface area contributed by atoms with Gasteiger partial charge in [0.25, 0.3) is 5.91 Å². The predicted octanol–water partition coefficient (Wildman–Crippen LogP) is 1.14. The van der Waals surface area contributed by atoms with Gasteiger partial charge < -0.3 is 14.7 Å². The molecule has 3 heterocycles. The number of aromatic nitrogens is 3. The first kappa shape index (κ1) is 17.6. The molecule has 0 aromatic carbocycles. The van der Waals surface area contributed by atoms with Crippen LogP contribution in [0.3, 0.4) is 0 Å². The Hall–Kier alpha value is -2.20. The van der Waals surface area contributed by atoms with E-state index in [4.69, 9.17) is 4.74 Å². The Labute approximate surface area is 141 Å². The Bertz CT molecular complexity index is 790. The average Bonchev–Trinajstić information content (AvgIpc) is 2.81. The Kier molecular flexibility index (Phi) is 4.65. The summed E-state index contributed by atoms with van der Waals surface area (Å²) in [5.41, 5.74) is -0.966. The van der Waals surface area contributed by atoms with Crippen molar-refractivity contribution >= 4 is 11.6 Å². The molecule has 1 amide bonds. The van der Waals surface area contributed by atoms with Crippen LogP contribution >= 0.6 is 0 Å². The molecule has 0 bridgehead atoms. The first-order valence-corrected chi connectivity index (χ1v) is 7.72. The lowest BCUT2D eigenvalue weighted by Crippen LogP contribution is -2.37. The van der Waals surface area contributed by atoms with Gasteiger partial charge in [0.1, 0.15) is 5.69 Å². The van der Waals surface area contributed by atoms with E-state index in [1.54, 1.807) is 0 Å². The van der Waals surface area contributed by atoms with Gasteiger partial charge in [-0.2, -0.15) is 18.3 Å². The summed E-state index contributed by atoms with van der Waals surface area (Å²) in [6.07, 6.45) is -4.61. The first-order chi connectivity index (χ1) is 11.8. The zero-order chi connectivity index (χ0) is 18.2. The summed E-state index contributed by atoms with van der Waals surface area (Å²) in [5.74, 6) is -0.755. The second kappa shape index (κ2) is 6.60. The minimum atomic E-state index is -4.61. The van der Waals surface area contributed by atoms with E-state index in [2.05, 4.69) is 10.1 Å². The summed E-state index contributed by atoms with van der Waals surface area (Å²) in [6.45, 7) is 2.45. The largest absolute Gasteiger partial charge is 0.433 e. The smallest absolute Gasteiger partial charge is 0.396 e. The number of halogens is 3. The number of rotatable bonds is 2. The van der Waals surface area contributed by atoms with Gasteiger partial charge in [-0.05, 0) is 13.0 Å². The van der Waals surface area contributed by atoms with Crippen LogP contribution in [0.2, 0.25) is 0 Å². The summed E-state index contributed by atoms with van der Waals surface area (Å²) >= 11 is 0. The van der Waals surface area contributed by atoms with Crippen LogP contribution < -0.4 is 0 Å². The molecule has 1 N–H and O–H groups in total. The molecule has 1 saturated heterocycles. The maximum atomic E-state index is 13.2. The number of fused-ring (bicyclic) bond motifs is 1. The van der Waals surface area contributed by atoms with Crippen molar-refractivity contribution in [3.8, 4) is 0 Å². The van der Waals surface area contributed by atoms with E-state index in [-0.39, 0.29) is 42.6 Å². The first-order valence-electron chi connectivity index (χ1n) is 7.72. The minimum Gasteiger partial charge on any atom is -0.396 e. The van der Waals surface area contributed by atoms with Crippen molar-refractivity contribution in [2.75, 3.05) is 32.9 Å². The highest BCUT2D eigenvalue weighted by atomic mass is 19.4. The van der Waals surface area contributed by atoms with Crippen molar-refractivity contribution in [3.63, 3.8) is 0 Å². The minimum absolute atomic E-state index is 0.0412. The lowest BCUT2D eigenvalue weighted by Gasteiger charge is -2.21. The van der Waals surface area contributed by atoms with Gasteiger partial charge in [-0.3, -0.25) is 4.79 Å². The van der Waals surface area contributed by atoms with Gasteiger partial charge in [-0.25, -0.2) is 9.50 Å². The topological polar surface area (TPSA) is 80.0 Å². The van der Waals surface area contributed by atoms with Crippen LogP contribution in [0.5, 0.6) is 0 Å². The molecule has 0 aliphatic carbocycles. The van der Waals surface area contributed by atoms with E-state index in [1.165, 1.54) is 17.9 Å². The Morgan fingerprint density at radius 3 is 2.88 bits per heavy atom. The monoisotopic (exact) mass is 358 g/mol. The third kappa shape index (κ3) is 3.59. The van der Waals surface area contributed by atoms with Crippen molar-refractivity contribution < 1.29 is 27.8 Å². The van der Waals surface area contributed by atoms with Gasteiger partial charge in [-0.1, -0.05) is 0 Å². The number of alkyl halides is 3. The fourth-order valence-electron chi connectivity index (χ4n) is 2.74. The number of carbonyl (C=O) groups excluding carboxylic acids is 1. The zero-order valence-electron chi connectivity index (χ0n) is 13.5. The molecule has 0 saturated carbocycles. The Balaban J connectivity index is 1.97. The number of ether oxygens (including phenoxy) is 1. The van der Waals surface area contributed by atoms with Crippen molar-refractivity contribution in [3.05, 3.63) is 29.2 Å². The van der Waals surface area contributed by atoms with E-state index in [9.17, 15) is 23.1 Å². The second-order valence-electron chi connectivity index (χ2n) is 5.95. The summed E-state index contributed by atoms with van der Waals surface area (Å²) in [6, 6.07) is 2.13. The van der Waals surface area contributed by atoms with Crippen LogP contribution in [0, 0.1) is 12.8 Å². The van der Waals surface area contributed by atoms with Crippen LogP contribution in [-0.4, -0.2) is 63.4 Å². The SMILES string of the molecule is Cc1cc(C(F)(F)F)n2nc(C(=O)N3CCOC[C@H](CO)C3)cc2n1. The van der Waals surface area contributed by atoms with Gasteiger partial charge in [0, 0.05) is 37.4 Å². The summed E-state index contributed by atoms with van der Waals surface area (Å²) < 4.78 is 45.5. The molecule has 25 heavy (non-hydrogen) atoms. The molecule has 136 valence electrons. The Morgan fingerprint density at radius 2 is 2.20 bits per heavy atom. The van der Waals surface area contributed by atoms with E-state index < -0.39 is 17.8 Å². The van der Waals surface area contributed by atoms with Crippen molar-refractivity contribution in [2.24, 2.45) is 5.92 Å². The molecule has 1 aliphatic heterocycles. The number of carbonyl (C=O) groups is 1. The van der Waals surface area contributed by atoms with Gasteiger partial charge >= 0.3 is 6.18 Å². The number of hydrogen-bond acceptors (Lipinski definition) is 5. The highest BCUT2D eigenvalue weighted by molar-refractivity contribution is 5.93. The zero-order valence-corrected chi connectivity index (χ0v) is 13.5. The number of amides is 1. The van der Waals surface area contributed by atoms with Crippen LogP contribution in [0.4, 0.5) is 13.2 Å². The standard InChI is InChI=1S/C15H17F3N4O3/c1-9-4-12(15(16,17)18)22-13(19-9)5-11(20-22)14(24)21-2-3-25-8-10(6-21)7-23/h4-5,10,23H,2-3,6-8H2,1H3/t10-/m0/s1. The lowest BCUT2D eigenvalue weighted by molar-refractivity contribution is -0.142. The summed E-state index contributed by atoms with van der Waals surface area (Å²) in [4.78, 5) is 18.1. The number of aliphatic hydroxyl groups is 1. The van der Waals surface area contributed by atoms with Gasteiger partial charge in [0.15, 0.2) is 11.3 Å². The molecule has 0 spiro atoms. The van der Waals surface area contributed by atoms with E-state index in [1.807, 2.05) is 0 Å². The molecule has 1 aliphatic rings. The third-order valence-electron chi connectivity index (χ3n) is 3.95. The third-order valence-corrected chi connectivity index (χ3v) is 3.95. The maximum Gasteiger partial charge on any atom is 0.433 e. The number of aryl methyl sites for hydroxylation is 1. The molecule has 1 atom stereocenters. The molecule has 7 nitrogen and oxygen atoms in total. The fourth-order valence-corrected chi connectivity index (χ4v) is 2.74. The lowest BCUT2D eigenvalue weighted by atomic mass is 10.1.